The Balaban J connectivity index is 1.62. The van der Waals surface area contributed by atoms with Crippen molar-refractivity contribution in [2.75, 3.05) is 7.05 Å². The summed E-state index contributed by atoms with van der Waals surface area (Å²) in [5, 5.41) is 11.0. The van der Waals surface area contributed by atoms with Gasteiger partial charge in [0.2, 0.25) is 5.91 Å². The molecule has 0 radical (unpaired) electrons. The number of carbonyl (C=O) groups excluding carboxylic acids is 1. The summed E-state index contributed by atoms with van der Waals surface area (Å²) >= 11 is 0. The third-order valence-corrected chi connectivity index (χ3v) is 5.51. The molecule has 1 aromatic rings. The molecule has 2 aliphatic carbocycles. The second-order valence-corrected chi connectivity index (χ2v) is 6.74. The van der Waals surface area contributed by atoms with Crippen LogP contribution in [0.3, 0.4) is 0 Å². The van der Waals surface area contributed by atoms with Crippen LogP contribution in [-0.4, -0.2) is 39.3 Å². The van der Waals surface area contributed by atoms with E-state index in [4.69, 9.17) is 0 Å². The highest BCUT2D eigenvalue weighted by molar-refractivity contribution is 5.79. The summed E-state index contributed by atoms with van der Waals surface area (Å²) in [6.45, 7) is 2.22. The summed E-state index contributed by atoms with van der Waals surface area (Å²) < 4.78 is 0. The van der Waals surface area contributed by atoms with Crippen LogP contribution in [0, 0.1) is 11.8 Å². The second-order valence-electron chi connectivity index (χ2n) is 6.74. The Morgan fingerprint density at radius 3 is 2.67 bits per heavy atom. The second kappa shape index (κ2) is 6.16. The maximum atomic E-state index is 12.8. The quantitative estimate of drug-likeness (QED) is 0.929. The first-order chi connectivity index (χ1) is 10.2. The Bertz CT molecular complexity index is 492. The first-order valence-corrected chi connectivity index (χ1v) is 8.32. The number of carbonyl (C=O) groups is 1. The van der Waals surface area contributed by atoms with Gasteiger partial charge in [0.25, 0.3) is 0 Å². The van der Waals surface area contributed by atoms with Gasteiger partial charge in [0.15, 0.2) is 0 Å². The molecular formula is C16H26N4O. The molecule has 1 heterocycles. The highest BCUT2D eigenvalue weighted by Crippen LogP contribution is 2.30. The van der Waals surface area contributed by atoms with Crippen molar-refractivity contribution in [3.8, 4) is 0 Å². The SMILES string of the molecule is C[C@@H](C1CCCCC1)N(C)C(=O)C1CCc2n[nH]nc2C1. The Labute approximate surface area is 126 Å². The van der Waals surface area contributed by atoms with E-state index >= 15 is 0 Å². The third kappa shape index (κ3) is 2.97. The number of nitrogens with zero attached hydrogens (tertiary/aromatic N) is 3. The van der Waals surface area contributed by atoms with Crippen LogP contribution in [-0.2, 0) is 17.6 Å². The normalized spacial score (nSPS) is 24.4. The molecule has 116 valence electrons. The summed E-state index contributed by atoms with van der Waals surface area (Å²) in [5.41, 5.74) is 2.03. The van der Waals surface area contributed by atoms with Crippen LogP contribution in [0.2, 0.25) is 0 Å². The number of aromatic amines is 1. The Hall–Kier alpha value is -1.39. The molecule has 0 aromatic carbocycles. The molecule has 21 heavy (non-hydrogen) atoms. The standard InChI is InChI=1S/C16H26N4O/c1-11(12-6-4-3-5-7-12)20(2)16(21)13-8-9-14-15(10-13)18-19-17-14/h11-13H,3-10H2,1-2H3,(H,17,18,19)/t11-,13?/m0/s1. The van der Waals surface area contributed by atoms with Crippen LogP contribution >= 0.6 is 0 Å². The molecule has 1 aromatic heterocycles. The van der Waals surface area contributed by atoms with E-state index in [1.165, 1.54) is 32.1 Å². The van der Waals surface area contributed by atoms with E-state index in [1.807, 2.05) is 11.9 Å². The minimum absolute atomic E-state index is 0.0821. The lowest BCUT2D eigenvalue weighted by Gasteiger charge is -2.36. The zero-order valence-corrected chi connectivity index (χ0v) is 13.1. The highest BCUT2D eigenvalue weighted by Gasteiger charge is 2.33. The number of nitrogens with one attached hydrogen (secondary N) is 1. The van der Waals surface area contributed by atoms with Crippen LogP contribution in [0.25, 0.3) is 0 Å². The van der Waals surface area contributed by atoms with E-state index in [0.717, 1.165) is 30.7 Å². The van der Waals surface area contributed by atoms with Crippen molar-refractivity contribution in [2.24, 2.45) is 11.8 Å². The van der Waals surface area contributed by atoms with Gasteiger partial charge in [-0.25, -0.2) is 0 Å². The van der Waals surface area contributed by atoms with Crippen molar-refractivity contribution in [3.63, 3.8) is 0 Å². The number of aryl methyl sites for hydroxylation is 1. The molecule has 0 bridgehead atoms. The lowest BCUT2D eigenvalue weighted by atomic mass is 9.83. The first-order valence-electron chi connectivity index (χ1n) is 8.32. The molecule has 2 atom stereocenters. The molecule has 0 saturated heterocycles. The molecule has 1 unspecified atom stereocenters. The van der Waals surface area contributed by atoms with Crippen LogP contribution in [0.4, 0.5) is 0 Å². The molecular weight excluding hydrogens is 264 g/mol. The lowest BCUT2D eigenvalue weighted by molar-refractivity contribution is -0.137. The summed E-state index contributed by atoms with van der Waals surface area (Å²) in [6.07, 6.45) is 9.07. The van der Waals surface area contributed by atoms with Gasteiger partial charge >= 0.3 is 0 Å². The van der Waals surface area contributed by atoms with Crippen molar-refractivity contribution < 1.29 is 4.79 Å². The van der Waals surface area contributed by atoms with E-state index < -0.39 is 0 Å². The molecule has 2 aliphatic rings. The largest absolute Gasteiger partial charge is 0.343 e. The molecule has 0 aliphatic heterocycles. The fraction of sp³-hybridized carbons (Fsp3) is 0.812. The van der Waals surface area contributed by atoms with Crippen LogP contribution in [0.1, 0.15) is 56.8 Å². The van der Waals surface area contributed by atoms with E-state index in [1.54, 1.807) is 0 Å². The van der Waals surface area contributed by atoms with E-state index in [9.17, 15) is 4.79 Å². The van der Waals surface area contributed by atoms with Gasteiger partial charge in [-0.05, 0) is 38.5 Å². The minimum Gasteiger partial charge on any atom is -0.343 e. The number of aromatic nitrogens is 3. The fourth-order valence-electron chi connectivity index (χ4n) is 3.92. The molecule has 5 nitrogen and oxygen atoms in total. The number of H-pyrrole nitrogens is 1. The predicted octanol–water partition coefficient (Wildman–Crippen LogP) is 2.34. The summed E-state index contributed by atoms with van der Waals surface area (Å²) in [4.78, 5) is 14.8. The van der Waals surface area contributed by atoms with Gasteiger partial charge in [-0.3, -0.25) is 4.79 Å². The number of amides is 1. The summed E-state index contributed by atoms with van der Waals surface area (Å²) in [5.74, 6) is 1.05. The van der Waals surface area contributed by atoms with Crippen LogP contribution in [0.5, 0.6) is 0 Å². The third-order valence-electron chi connectivity index (χ3n) is 5.51. The average molecular weight is 290 g/mol. The molecule has 3 rings (SSSR count). The van der Waals surface area contributed by atoms with Crippen molar-refractivity contribution in [2.45, 2.75) is 64.3 Å². The highest BCUT2D eigenvalue weighted by atomic mass is 16.2. The lowest BCUT2D eigenvalue weighted by Crippen LogP contribution is -2.44. The van der Waals surface area contributed by atoms with E-state index in [0.29, 0.717) is 17.9 Å². The van der Waals surface area contributed by atoms with Gasteiger partial charge in [-0.1, -0.05) is 19.3 Å². The monoisotopic (exact) mass is 290 g/mol. The fourth-order valence-corrected chi connectivity index (χ4v) is 3.92. The Kier molecular flexibility index (Phi) is 4.27. The molecule has 1 saturated carbocycles. The zero-order valence-electron chi connectivity index (χ0n) is 13.1. The van der Waals surface area contributed by atoms with Gasteiger partial charge < -0.3 is 4.90 Å². The number of fused-ring (bicyclic) bond motifs is 1. The van der Waals surface area contributed by atoms with Crippen molar-refractivity contribution in [1.82, 2.24) is 20.3 Å². The van der Waals surface area contributed by atoms with Crippen LogP contribution in [0.15, 0.2) is 0 Å². The van der Waals surface area contributed by atoms with Crippen molar-refractivity contribution in [3.05, 3.63) is 11.4 Å². The number of rotatable bonds is 3. The molecule has 5 heteroatoms. The summed E-state index contributed by atoms with van der Waals surface area (Å²) in [7, 11) is 1.99. The zero-order chi connectivity index (χ0) is 14.8. The Morgan fingerprint density at radius 1 is 1.19 bits per heavy atom. The number of hydrogen-bond acceptors (Lipinski definition) is 3. The van der Waals surface area contributed by atoms with Crippen molar-refractivity contribution in [1.29, 1.82) is 0 Å². The maximum absolute atomic E-state index is 12.8. The maximum Gasteiger partial charge on any atom is 0.226 e. The van der Waals surface area contributed by atoms with E-state index in [-0.39, 0.29) is 5.92 Å². The topological polar surface area (TPSA) is 61.9 Å². The first kappa shape index (κ1) is 14.5. The van der Waals surface area contributed by atoms with Crippen molar-refractivity contribution >= 4 is 5.91 Å². The van der Waals surface area contributed by atoms with Gasteiger partial charge in [0.05, 0.1) is 11.4 Å². The predicted molar refractivity (Wildman–Crippen MR) is 80.7 cm³/mol. The summed E-state index contributed by atoms with van der Waals surface area (Å²) in [6, 6.07) is 0.358. The molecule has 0 spiro atoms. The van der Waals surface area contributed by atoms with E-state index in [2.05, 4.69) is 22.3 Å². The average Bonchev–Trinajstić information content (AvgIpc) is 3.01. The molecule has 1 N–H and O–H groups in total. The van der Waals surface area contributed by atoms with Gasteiger partial charge in [0, 0.05) is 25.4 Å². The molecule has 1 amide bonds. The van der Waals surface area contributed by atoms with Gasteiger partial charge in [-0.2, -0.15) is 15.4 Å². The van der Waals surface area contributed by atoms with Gasteiger partial charge in [-0.15, -0.1) is 0 Å². The van der Waals surface area contributed by atoms with Crippen LogP contribution < -0.4 is 0 Å². The molecule has 1 fully saturated rings. The number of hydrogen-bond donors (Lipinski definition) is 1. The smallest absolute Gasteiger partial charge is 0.226 e. The Morgan fingerprint density at radius 2 is 1.90 bits per heavy atom. The minimum atomic E-state index is 0.0821. The van der Waals surface area contributed by atoms with Gasteiger partial charge in [0.1, 0.15) is 0 Å².